The van der Waals surface area contributed by atoms with Crippen molar-refractivity contribution in [3.05, 3.63) is 0 Å². The Kier molecular flexibility index (Phi) is 4.74. The van der Waals surface area contributed by atoms with Crippen LogP contribution in [-0.4, -0.2) is 30.7 Å². The standard InChI is InChI=1S/C12H24N2O2/c1-12(2,3)14-11(15)9(8-13)7-10-5-4-6-16-10/h9-10H,4-8,13H2,1-3H3,(H,14,15). The lowest BCUT2D eigenvalue weighted by molar-refractivity contribution is -0.127. The molecule has 16 heavy (non-hydrogen) atoms. The van der Waals surface area contributed by atoms with Gasteiger partial charge in [0, 0.05) is 18.7 Å². The van der Waals surface area contributed by atoms with Gasteiger partial charge in [0.2, 0.25) is 5.91 Å². The van der Waals surface area contributed by atoms with Crippen molar-refractivity contribution in [2.75, 3.05) is 13.2 Å². The fourth-order valence-electron chi connectivity index (χ4n) is 1.93. The monoisotopic (exact) mass is 228 g/mol. The zero-order chi connectivity index (χ0) is 12.2. The number of carbonyl (C=O) groups is 1. The van der Waals surface area contributed by atoms with Crippen molar-refractivity contribution in [3.8, 4) is 0 Å². The highest BCUT2D eigenvalue weighted by atomic mass is 16.5. The molecule has 4 heteroatoms. The summed E-state index contributed by atoms with van der Waals surface area (Å²) in [6, 6.07) is 0. The normalized spacial score (nSPS) is 23.1. The van der Waals surface area contributed by atoms with Crippen LogP contribution in [0.1, 0.15) is 40.0 Å². The zero-order valence-corrected chi connectivity index (χ0v) is 10.6. The van der Waals surface area contributed by atoms with Gasteiger partial charge in [0.1, 0.15) is 0 Å². The lowest BCUT2D eigenvalue weighted by Crippen LogP contribution is -2.46. The number of nitrogens with one attached hydrogen (secondary N) is 1. The largest absolute Gasteiger partial charge is 0.378 e. The van der Waals surface area contributed by atoms with Crippen LogP contribution < -0.4 is 11.1 Å². The lowest BCUT2D eigenvalue weighted by Gasteiger charge is -2.25. The Labute approximate surface area is 97.9 Å². The maximum atomic E-state index is 11.9. The van der Waals surface area contributed by atoms with Crippen LogP contribution in [-0.2, 0) is 9.53 Å². The first-order valence-corrected chi connectivity index (χ1v) is 6.06. The molecular formula is C12H24N2O2. The molecule has 3 N–H and O–H groups in total. The molecule has 0 aromatic heterocycles. The summed E-state index contributed by atoms with van der Waals surface area (Å²) in [6.07, 6.45) is 3.12. The van der Waals surface area contributed by atoms with E-state index >= 15 is 0 Å². The van der Waals surface area contributed by atoms with Crippen LogP contribution in [0.3, 0.4) is 0 Å². The molecule has 0 radical (unpaired) electrons. The number of ether oxygens (including phenoxy) is 1. The molecule has 0 aliphatic carbocycles. The van der Waals surface area contributed by atoms with E-state index in [1.165, 1.54) is 0 Å². The first kappa shape index (κ1) is 13.5. The van der Waals surface area contributed by atoms with Gasteiger partial charge in [-0.05, 0) is 40.0 Å². The number of hydrogen-bond acceptors (Lipinski definition) is 3. The van der Waals surface area contributed by atoms with Crippen LogP contribution >= 0.6 is 0 Å². The van der Waals surface area contributed by atoms with Crippen LogP contribution in [0.15, 0.2) is 0 Å². The molecule has 0 saturated carbocycles. The van der Waals surface area contributed by atoms with E-state index in [1.807, 2.05) is 20.8 Å². The van der Waals surface area contributed by atoms with Crippen molar-refractivity contribution < 1.29 is 9.53 Å². The Morgan fingerprint density at radius 2 is 2.25 bits per heavy atom. The molecule has 0 aromatic rings. The number of rotatable bonds is 4. The quantitative estimate of drug-likeness (QED) is 0.756. The van der Waals surface area contributed by atoms with Gasteiger partial charge in [-0.25, -0.2) is 0 Å². The Bertz CT molecular complexity index is 230. The molecule has 1 fully saturated rings. The van der Waals surface area contributed by atoms with Gasteiger partial charge in [-0.3, -0.25) is 4.79 Å². The fraction of sp³-hybridized carbons (Fsp3) is 0.917. The molecular weight excluding hydrogens is 204 g/mol. The van der Waals surface area contributed by atoms with Gasteiger partial charge >= 0.3 is 0 Å². The minimum absolute atomic E-state index is 0.0468. The van der Waals surface area contributed by atoms with Crippen molar-refractivity contribution in [3.63, 3.8) is 0 Å². The van der Waals surface area contributed by atoms with Gasteiger partial charge < -0.3 is 15.8 Å². The van der Waals surface area contributed by atoms with Gasteiger partial charge in [0.25, 0.3) is 0 Å². The second kappa shape index (κ2) is 5.64. The summed E-state index contributed by atoms with van der Waals surface area (Å²) >= 11 is 0. The topological polar surface area (TPSA) is 64.4 Å². The second-order valence-corrected chi connectivity index (χ2v) is 5.54. The first-order chi connectivity index (χ1) is 7.42. The molecule has 0 aromatic carbocycles. The predicted octanol–water partition coefficient (Wildman–Crippen LogP) is 1.05. The number of hydrogen-bond donors (Lipinski definition) is 2. The van der Waals surface area contributed by atoms with E-state index in [0.29, 0.717) is 6.54 Å². The van der Waals surface area contributed by atoms with Crippen molar-refractivity contribution in [2.45, 2.75) is 51.7 Å². The second-order valence-electron chi connectivity index (χ2n) is 5.54. The number of nitrogens with two attached hydrogens (primary N) is 1. The summed E-state index contributed by atoms with van der Waals surface area (Å²) in [4.78, 5) is 11.9. The summed E-state index contributed by atoms with van der Waals surface area (Å²) < 4.78 is 5.53. The van der Waals surface area contributed by atoms with Crippen molar-refractivity contribution in [2.24, 2.45) is 11.7 Å². The SMILES string of the molecule is CC(C)(C)NC(=O)C(CN)CC1CCCO1. The molecule has 1 rings (SSSR count). The summed E-state index contributed by atoms with van der Waals surface area (Å²) in [6.45, 7) is 7.14. The van der Waals surface area contributed by atoms with Crippen molar-refractivity contribution >= 4 is 5.91 Å². The fourth-order valence-corrected chi connectivity index (χ4v) is 1.93. The summed E-state index contributed by atoms with van der Waals surface area (Å²) in [5, 5.41) is 2.97. The lowest BCUT2D eigenvalue weighted by atomic mass is 9.97. The van der Waals surface area contributed by atoms with Crippen LogP contribution in [0.4, 0.5) is 0 Å². The molecule has 4 nitrogen and oxygen atoms in total. The highest BCUT2D eigenvalue weighted by Gasteiger charge is 2.26. The van der Waals surface area contributed by atoms with E-state index in [0.717, 1.165) is 25.9 Å². The van der Waals surface area contributed by atoms with Gasteiger partial charge in [0.15, 0.2) is 0 Å². The average Bonchev–Trinajstić information content (AvgIpc) is 2.63. The Morgan fingerprint density at radius 3 is 2.69 bits per heavy atom. The predicted molar refractivity (Wildman–Crippen MR) is 64.0 cm³/mol. The summed E-state index contributed by atoms with van der Waals surface area (Å²) in [7, 11) is 0. The van der Waals surface area contributed by atoms with Gasteiger partial charge in [-0.1, -0.05) is 0 Å². The van der Waals surface area contributed by atoms with E-state index in [2.05, 4.69) is 5.32 Å². The average molecular weight is 228 g/mol. The summed E-state index contributed by atoms with van der Waals surface area (Å²) in [5.74, 6) is -0.0761. The minimum atomic E-state index is -0.193. The molecule has 94 valence electrons. The molecule has 1 amide bonds. The Morgan fingerprint density at radius 1 is 1.56 bits per heavy atom. The maximum absolute atomic E-state index is 11.9. The third kappa shape index (κ3) is 4.49. The van der Waals surface area contributed by atoms with Crippen LogP contribution in [0.2, 0.25) is 0 Å². The van der Waals surface area contributed by atoms with Crippen molar-refractivity contribution in [1.82, 2.24) is 5.32 Å². The molecule has 0 spiro atoms. The smallest absolute Gasteiger partial charge is 0.224 e. The first-order valence-electron chi connectivity index (χ1n) is 6.06. The highest BCUT2D eigenvalue weighted by Crippen LogP contribution is 2.20. The van der Waals surface area contributed by atoms with E-state index in [4.69, 9.17) is 10.5 Å². The summed E-state index contributed by atoms with van der Waals surface area (Å²) in [5.41, 5.74) is 5.46. The highest BCUT2D eigenvalue weighted by molar-refractivity contribution is 5.79. The molecule has 1 aliphatic rings. The van der Waals surface area contributed by atoms with Crippen LogP contribution in [0.5, 0.6) is 0 Å². The Hall–Kier alpha value is -0.610. The van der Waals surface area contributed by atoms with Gasteiger partial charge in [-0.15, -0.1) is 0 Å². The molecule has 2 atom stereocenters. The van der Waals surface area contributed by atoms with Crippen LogP contribution in [0.25, 0.3) is 0 Å². The van der Waals surface area contributed by atoms with Gasteiger partial charge in [0.05, 0.1) is 12.0 Å². The van der Waals surface area contributed by atoms with Crippen molar-refractivity contribution in [1.29, 1.82) is 0 Å². The van der Waals surface area contributed by atoms with E-state index < -0.39 is 0 Å². The molecule has 1 aliphatic heterocycles. The maximum Gasteiger partial charge on any atom is 0.224 e. The van der Waals surface area contributed by atoms with E-state index in [1.54, 1.807) is 0 Å². The number of carbonyl (C=O) groups excluding carboxylic acids is 1. The van der Waals surface area contributed by atoms with Crippen LogP contribution in [0, 0.1) is 5.92 Å². The van der Waals surface area contributed by atoms with E-state index in [-0.39, 0.29) is 23.5 Å². The molecule has 0 bridgehead atoms. The molecule has 1 saturated heterocycles. The number of amides is 1. The minimum Gasteiger partial charge on any atom is -0.378 e. The Balaban J connectivity index is 2.43. The molecule has 1 heterocycles. The zero-order valence-electron chi connectivity index (χ0n) is 10.6. The van der Waals surface area contributed by atoms with Gasteiger partial charge in [-0.2, -0.15) is 0 Å². The third-order valence-corrected chi connectivity index (χ3v) is 2.72. The van der Waals surface area contributed by atoms with E-state index in [9.17, 15) is 4.79 Å². The third-order valence-electron chi connectivity index (χ3n) is 2.72. The molecule has 2 unspecified atom stereocenters.